The number of para-hydroxylation sites is 2. The third-order valence-electron chi connectivity index (χ3n) is 11.6. The minimum Gasteiger partial charge on any atom is -0.453 e. The lowest BCUT2D eigenvalue weighted by Crippen LogP contribution is -2.44. The van der Waals surface area contributed by atoms with Gasteiger partial charge in [0.2, 0.25) is 23.6 Å². The normalized spacial score (nSPS) is 11.4. The fourth-order valence-corrected chi connectivity index (χ4v) is 7.67. The van der Waals surface area contributed by atoms with Gasteiger partial charge in [-0.2, -0.15) is 0 Å². The van der Waals surface area contributed by atoms with Gasteiger partial charge in [-0.05, 0) is 79.5 Å². The molecule has 76 heavy (non-hydrogen) atoms. The Kier molecular flexibility index (Phi) is 23.6. The number of anilines is 2. The van der Waals surface area contributed by atoms with Crippen LogP contribution in [0.1, 0.15) is 55.2 Å². The third-order valence-corrected chi connectivity index (χ3v) is 11.6. The molecule has 2 heterocycles. The lowest BCUT2D eigenvalue weighted by Gasteiger charge is -2.19. The molecule has 6 amide bonds. The van der Waals surface area contributed by atoms with Crippen LogP contribution in [0.5, 0.6) is 0 Å². The minimum atomic E-state index is -0.845. The zero-order valence-electron chi connectivity index (χ0n) is 42.4. The first kappa shape index (κ1) is 56.6. The van der Waals surface area contributed by atoms with Crippen molar-refractivity contribution in [2.45, 2.75) is 70.4 Å². The Labute approximate surface area is 441 Å². The first-order chi connectivity index (χ1) is 37.1. The van der Waals surface area contributed by atoms with Crippen LogP contribution in [0.2, 0.25) is 0 Å². The summed E-state index contributed by atoms with van der Waals surface area (Å²) in [4.78, 5) is 83.3. The highest BCUT2D eigenvalue weighted by atomic mass is 16.5. The summed E-state index contributed by atoms with van der Waals surface area (Å²) in [5, 5.41) is 18.4. The lowest BCUT2D eigenvalue weighted by molar-refractivity contribution is -0.126. The van der Waals surface area contributed by atoms with Crippen LogP contribution in [-0.2, 0) is 57.9 Å². The standard InChI is InChI=1S/C32H34N4O5.C26H30N4O5/c37-29(23-40-21-24-11-3-1-4-12-24)33-19-8-7-17-28(36-32(39)41-22-25-13-5-2-6-14-25)31(38)35-27-18-9-15-26-16-10-20-34-30(26)27;1-34-26(33)30-22(25(32)29-21-14-7-11-20-12-8-16-28-24(20)21)13-5-6-15-27-23(31)18-35-17-19-9-3-2-4-10-19/h1-6,9-16,18,20,28H,7-8,17,19,21-23H2,(H,33,37)(H,35,38)(H,36,39);2-4,7-12,14,16,22H,5-6,13,15,17-18H2,1H3,(H,27,31)(H,29,32)(H,30,33)/t28-;22-/m00/s1. The van der Waals surface area contributed by atoms with Crippen LogP contribution in [-0.4, -0.2) is 91.3 Å². The number of unbranched alkanes of at least 4 members (excludes halogenated alkanes) is 2. The molecule has 0 unspecified atom stereocenters. The number of methoxy groups -OCH3 is 1. The fourth-order valence-electron chi connectivity index (χ4n) is 7.67. The van der Waals surface area contributed by atoms with Gasteiger partial charge in [-0.25, -0.2) is 9.59 Å². The maximum absolute atomic E-state index is 13.3. The van der Waals surface area contributed by atoms with Crippen molar-refractivity contribution in [1.29, 1.82) is 0 Å². The molecule has 2 aromatic heterocycles. The van der Waals surface area contributed by atoms with Crippen LogP contribution in [0.15, 0.2) is 164 Å². The number of pyridine rings is 2. The molecule has 0 radical (unpaired) electrons. The number of fused-ring (bicyclic) bond motifs is 2. The highest BCUT2D eigenvalue weighted by Gasteiger charge is 2.24. The molecule has 0 saturated carbocycles. The maximum Gasteiger partial charge on any atom is 0.408 e. The molecule has 0 aliphatic rings. The highest BCUT2D eigenvalue weighted by Crippen LogP contribution is 2.23. The van der Waals surface area contributed by atoms with E-state index in [1.54, 1.807) is 24.5 Å². The summed E-state index contributed by atoms with van der Waals surface area (Å²) < 4.78 is 20.9. The number of nitrogens with zero attached hydrogens (tertiary/aromatic N) is 2. The average Bonchev–Trinajstić information content (AvgIpc) is 3.45. The summed E-state index contributed by atoms with van der Waals surface area (Å²) in [7, 11) is 1.24. The zero-order valence-corrected chi connectivity index (χ0v) is 42.4. The van der Waals surface area contributed by atoms with Gasteiger partial charge in [-0.3, -0.25) is 29.1 Å². The largest absolute Gasteiger partial charge is 0.453 e. The number of hydrogen-bond donors (Lipinski definition) is 6. The molecule has 5 aromatic carbocycles. The molecule has 7 aromatic rings. The van der Waals surface area contributed by atoms with E-state index in [0.717, 1.165) is 27.5 Å². The summed E-state index contributed by atoms with van der Waals surface area (Å²) in [6.07, 6.45) is 5.09. The van der Waals surface area contributed by atoms with Crippen molar-refractivity contribution >= 4 is 69.0 Å². The van der Waals surface area contributed by atoms with Gasteiger partial charge >= 0.3 is 12.2 Å². The van der Waals surface area contributed by atoms with E-state index < -0.39 is 24.3 Å². The number of amides is 6. The maximum atomic E-state index is 13.3. The van der Waals surface area contributed by atoms with E-state index >= 15 is 0 Å². The van der Waals surface area contributed by atoms with Crippen molar-refractivity contribution in [3.63, 3.8) is 0 Å². The second-order valence-corrected chi connectivity index (χ2v) is 17.3. The number of carbonyl (C=O) groups is 6. The molecule has 7 rings (SSSR count). The van der Waals surface area contributed by atoms with Gasteiger partial charge in [0.25, 0.3) is 0 Å². The Morgan fingerprint density at radius 1 is 0.461 bits per heavy atom. The fraction of sp³-hybridized carbons (Fsp3) is 0.276. The van der Waals surface area contributed by atoms with Crippen molar-refractivity contribution in [2.24, 2.45) is 0 Å². The van der Waals surface area contributed by atoms with Crippen LogP contribution < -0.4 is 31.9 Å². The molecule has 0 aliphatic carbocycles. The number of benzene rings is 5. The molecular weight excluding hydrogens is 969 g/mol. The third kappa shape index (κ3) is 19.9. The molecule has 0 fully saturated rings. The number of hydrogen-bond acceptors (Lipinski definition) is 12. The van der Waals surface area contributed by atoms with Crippen LogP contribution in [0.25, 0.3) is 21.8 Å². The Bertz CT molecular complexity index is 2920. The molecule has 18 heteroatoms. The van der Waals surface area contributed by atoms with Crippen molar-refractivity contribution in [1.82, 2.24) is 31.2 Å². The van der Waals surface area contributed by atoms with Gasteiger partial charge in [0, 0.05) is 36.3 Å². The molecule has 0 aliphatic heterocycles. The topological polar surface area (TPSA) is 237 Å². The first-order valence-corrected chi connectivity index (χ1v) is 25.0. The molecule has 18 nitrogen and oxygen atoms in total. The molecule has 6 N–H and O–H groups in total. The molecule has 2 atom stereocenters. The summed E-state index contributed by atoms with van der Waals surface area (Å²) in [6.45, 7) is 1.63. The Morgan fingerprint density at radius 2 is 0.868 bits per heavy atom. The SMILES string of the molecule is COC(=O)N[C@@H](CCCCNC(=O)COCc1ccccc1)C(=O)Nc1cccc2cccnc12.O=C(COCc1ccccc1)NCCCC[C@H](NC(=O)OCc1ccccc1)C(=O)Nc1cccc2cccnc12. The summed E-state index contributed by atoms with van der Waals surface area (Å²) >= 11 is 0. The van der Waals surface area contributed by atoms with E-state index in [1.807, 2.05) is 140 Å². The smallest absolute Gasteiger partial charge is 0.408 e. The number of alkyl carbamates (subject to hydrolysis) is 2. The van der Waals surface area contributed by atoms with Crippen LogP contribution >= 0.6 is 0 Å². The van der Waals surface area contributed by atoms with Gasteiger partial charge in [0.05, 0.1) is 42.7 Å². The predicted molar refractivity (Wildman–Crippen MR) is 290 cm³/mol. The second kappa shape index (κ2) is 31.8. The Hall–Kier alpha value is -8.74. The highest BCUT2D eigenvalue weighted by molar-refractivity contribution is 6.04. The molecule has 396 valence electrons. The number of aromatic nitrogens is 2. The molecule has 0 saturated heterocycles. The van der Waals surface area contributed by atoms with E-state index in [0.29, 0.717) is 87.2 Å². The summed E-state index contributed by atoms with van der Waals surface area (Å²) in [6, 6.07) is 45.4. The van der Waals surface area contributed by atoms with Crippen LogP contribution in [0, 0.1) is 0 Å². The van der Waals surface area contributed by atoms with Crippen molar-refractivity contribution in [3.8, 4) is 0 Å². The van der Waals surface area contributed by atoms with Gasteiger partial charge in [-0.15, -0.1) is 0 Å². The van der Waals surface area contributed by atoms with E-state index in [1.165, 1.54) is 7.11 Å². The number of ether oxygens (including phenoxy) is 4. The van der Waals surface area contributed by atoms with Crippen LogP contribution in [0.4, 0.5) is 21.0 Å². The van der Waals surface area contributed by atoms with Crippen molar-refractivity contribution in [3.05, 3.63) is 181 Å². The van der Waals surface area contributed by atoms with Gasteiger partial charge in [0.1, 0.15) is 31.9 Å². The minimum absolute atomic E-state index is 0.0249. The van der Waals surface area contributed by atoms with E-state index in [4.69, 9.17) is 14.2 Å². The monoisotopic (exact) mass is 1030 g/mol. The summed E-state index contributed by atoms with van der Waals surface area (Å²) in [5.41, 5.74) is 5.28. The van der Waals surface area contributed by atoms with E-state index in [2.05, 4.69) is 46.6 Å². The molecule has 0 bridgehead atoms. The Balaban J connectivity index is 0.000000250. The molecular formula is C58H64N8O10. The number of nitrogens with one attached hydrogen (secondary N) is 6. The lowest BCUT2D eigenvalue weighted by atomic mass is 10.1. The number of rotatable bonds is 26. The van der Waals surface area contributed by atoms with Gasteiger partial charge in [0.15, 0.2) is 0 Å². The van der Waals surface area contributed by atoms with Gasteiger partial charge in [-0.1, -0.05) is 127 Å². The van der Waals surface area contributed by atoms with Crippen molar-refractivity contribution < 1.29 is 47.7 Å². The zero-order chi connectivity index (χ0) is 53.6. The average molecular weight is 1030 g/mol. The first-order valence-electron chi connectivity index (χ1n) is 25.0. The number of carbonyl (C=O) groups excluding carboxylic acids is 6. The van der Waals surface area contributed by atoms with Crippen molar-refractivity contribution in [2.75, 3.05) is 44.0 Å². The predicted octanol–water partition coefficient (Wildman–Crippen LogP) is 8.37. The summed E-state index contributed by atoms with van der Waals surface area (Å²) in [5.74, 6) is -1.15. The van der Waals surface area contributed by atoms with Crippen LogP contribution in [0.3, 0.4) is 0 Å². The molecule has 0 spiro atoms. The Morgan fingerprint density at radius 3 is 1.30 bits per heavy atom. The quantitative estimate of drug-likeness (QED) is 0.0281. The van der Waals surface area contributed by atoms with E-state index in [9.17, 15) is 28.8 Å². The van der Waals surface area contributed by atoms with E-state index in [-0.39, 0.29) is 43.4 Å². The second-order valence-electron chi connectivity index (χ2n) is 17.3. The van der Waals surface area contributed by atoms with Gasteiger partial charge < -0.3 is 50.8 Å².